The lowest BCUT2D eigenvalue weighted by atomic mass is 10.0. The maximum atomic E-state index is 12.2. The zero-order valence-electron chi connectivity index (χ0n) is 12.4. The molecule has 0 spiro atoms. The van der Waals surface area contributed by atoms with Gasteiger partial charge in [-0.2, -0.15) is 0 Å². The lowest BCUT2D eigenvalue weighted by molar-refractivity contribution is -0.134. The van der Waals surface area contributed by atoms with Gasteiger partial charge < -0.3 is 15.4 Å². The Morgan fingerprint density at radius 2 is 1.83 bits per heavy atom. The van der Waals surface area contributed by atoms with E-state index < -0.39 is 0 Å². The standard InChI is InChI=1S/C14H30N2O2/c1-5-12(6-2)11-16(7-3)14(17)9-13(10-15)18-8-4/h12-13H,5-11,15H2,1-4H3. The highest BCUT2D eigenvalue weighted by Crippen LogP contribution is 2.11. The average Bonchev–Trinajstić information content (AvgIpc) is 2.39. The van der Waals surface area contributed by atoms with Gasteiger partial charge in [0.1, 0.15) is 0 Å². The van der Waals surface area contributed by atoms with Crippen LogP contribution in [0.5, 0.6) is 0 Å². The van der Waals surface area contributed by atoms with E-state index in [1.54, 1.807) is 0 Å². The molecule has 0 radical (unpaired) electrons. The molecule has 0 aromatic rings. The SMILES string of the molecule is CCOC(CN)CC(=O)N(CC)CC(CC)CC. The maximum Gasteiger partial charge on any atom is 0.225 e. The molecular formula is C14H30N2O2. The molecule has 1 atom stereocenters. The van der Waals surface area contributed by atoms with E-state index in [-0.39, 0.29) is 12.0 Å². The van der Waals surface area contributed by atoms with Crippen LogP contribution in [0.25, 0.3) is 0 Å². The van der Waals surface area contributed by atoms with E-state index in [0.29, 0.717) is 25.5 Å². The molecule has 0 saturated carbocycles. The Balaban J connectivity index is 4.32. The average molecular weight is 258 g/mol. The van der Waals surface area contributed by atoms with Crippen molar-refractivity contribution < 1.29 is 9.53 Å². The molecule has 1 unspecified atom stereocenters. The number of carbonyl (C=O) groups is 1. The van der Waals surface area contributed by atoms with E-state index in [4.69, 9.17) is 10.5 Å². The van der Waals surface area contributed by atoms with Crippen molar-refractivity contribution in [2.24, 2.45) is 11.7 Å². The Labute approximate surface area is 112 Å². The highest BCUT2D eigenvalue weighted by Gasteiger charge is 2.19. The Morgan fingerprint density at radius 3 is 2.22 bits per heavy atom. The number of rotatable bonds is 10. The molecule has 0 aliphatic carbocycles. The lowest BCUT2D eigenvalue weighted by Gasteiger charge is -2.27. The number of amides is 1. The number of nitrogens with two attached hydrogens (primary N) is 1. The van der Waals surface area contributed by atoms with Gasteiger partial charge in [0.2, 0.25) is 5.91 Å². The third kappa shape index (κ3) is 6.36. The zero-order chi connectivity index (χ0) is 14.0. The Bertz CT molecular complexity index is 218. The van der Waals surface area contributed by atoms with Crippen LogP contribution in [0.2, 0.25) is 0 Å². The number of hydrogen-bond acceptors (Lipinski definition) is 3. The molecule has 0 bridgehead atoms. The molecule has 2 N–H and O–H groups in total. The summed E-state index contributed by atoms with van der Waals surface area (Å²) in [5.74, 6) is 0.755. The Hall–Kier alpha value is -0.610. The van der Waals surface area contributed by atoms with Gasteiger partial charge in [0, 0.05) is 26.2 Å². The number of nitrogens with zero attached hydrogens (tertiary/aromatic N) is 1. The third-order valence-corrected chi connectivity index (χ3v) is 3.44. The summed E-state index contributed by atoms with van der Waals surface area (Å²) in [7, 11) is 0. The minimum absolute atomic E-state index is 0.141. The summed E-state index contributed by atoms with van der Waals surface area (Å²) in [6.45, 7) is 10.9. The molecule has 18 heavy (non-hydrogen) atoms. The molecule has 0 fully saturated rings. The van der Waals surface area contributed by atoms with E-state index >= 15 is 0 Å². The predicted octanol–water partition coefficient (Wildman–Crippen LogP) is 2.02. The second kappa shape index (κ2) is 10.3. The van der Waals surface area contributed by atoms with E-state index in [0.717, 1.165) is 25.9 Å². The summed E-state index contributed by atoms with van der Waals surface area (Å²) in [6.07, 6.45) is 2.49. The first-order valence-corrected chi connectivity index (χ1v) is 7.22. The zero-order valence-corrected chi connectivity index (χ0v) is 12.4. The highest BCUT2D eigenvalue weighted by molar-refractivity contribution is 5.76. The van der Waals surface area contributed by atoms with Crippen molar-refractivity contribution >= 4 is 5.91 Å². The van der Waals surface area contributed by atoms with Gasteiger partial charge >= 0.3 is 0 Å². The second-order valence-electron chi connectivity index (χ2n) is 4.63. The van der Waals surface area contributed by atoms with Gasteiger partial charge in [-0.05, 0) is 19.8 Å². The molecule has 4 nitrogen and oxygen atoms in total. The first kappa shape index (κ1) is 17.4. The molecule has 0 aliphatic rings. The Morgan fingerprint density at radius 1 is 1.22 bits per heavy atom. The Kier molecular flexibility index (Phi) is 9.98. The van der Waals surface area contributed by atoms with E-state index in [1.165, 1.54) is 0 Å². The van der Waals surface area contributed by atoms with Crippen LogP contribution >= 0.6 is 0 Å². The smallest absolute Gasteiger partial charge is 0.225 e. The molecule has 0 saturated heterocycles. The van der Waals surface area contributed by atoms with Crippen molar-refractivity contribution in [1.29, 1.82) is 0 Å². The van der Waals surface area contributed by atoms with E-state index in [9.17, 15) is 4.79 Å². The predicted molar refractivity (Wildman–Crippen MR) is 75.4 cm³/mol. The fraction of sp³-hybridized carbons (Fsp3) is 0.929. The topological polar surface area (TPSA) is 55.6 Å². The van der Waals surface area contributed by atoms with Gasteiger partial charge in [0.05, 0.1) is 12.5 Å². The van der Waals surface area contributed by atoms with Gasteiger partial charge in [-0.15, -0.1) is 0 Å². The molecule has 0 aliphatic heterocycles. The first-order valence-electron chi connectivity index (χ1n) is 7.22. The summed E-state index contributed by atoms with van der Waals surface area (Å²) in [5, 5.41) is 0. The van der Waals surface area contributed by atoms with Crippen LogP contribution in [-0.4, -0.2) is 43.2 Å². The molecule has 0 aromatic carbocycles. The molecule has 0 heterocycles. The monoisotopic (exact) mass is 258 g/mol. The maximum absolute atomic E-state index is 12.2. The highest BCUT2D eigenvalue weighted by atomic mass is 16.5. The lowest BCUT2D eigenvalue weighted by Crippen LogP contribution is -2.38. The number of carbonyl (C=O) groups excluding carboxylic acids is 1. The van der Waals surface area contributed by atoms with Crippen LogP contribution in [0.1, 0.15) is 47.0 Å². The van der Waals surface area contributed by atoms with Crippen LogP contribution in [0.3, 0.4) is 0 Å². The molecular weight excluding hydrogens is 228 g/mol. The van der Waals surface area contributed by atoms with Crippen LogP contribution in [-0.2, 0) is 9.53 Å². The normalized spacial score (nSPS) is 12.8. The quantitative estimate of drug-likeness (QED) is 0.652. The third-order valence-electron chi connectivity index (χ3n) is 3.44. The second-order valence-corrected chi connectivity index (χ2v) is 4.63. The molecule has 4 heteroatoms. The summed E-state index contributed by atoms with van der Waals surface area (Å²) in [4.78, 5) is 14.1. The van der Waals surface area contributed by atoms with Gasteiger partial charge in [0.25, 0.3) is 0 Å². The van der Waals surface area contributed by atoms with Crippen molar-refractivity contribution in [3.63, 3.8) is 0 Å². The van der Waals surface area contributed by atoms with Gasteiger partial charge in [-0.1, -0.05) is 26.7 Å². The first-order chi connectivity index (χ1) is 8.62. The van der Waals surface area contributed by atoms with Crippen molar-refractivity contribution in [3.8, 4) is 0 Å². The molecule has 108 valence electrons. The van der Waals surface area contributed by atoms with Crippen LogP contribution in [0.15, 0.2) is 0 Å². The summed E-state index contributed by atoms with van der Waals surface area (Å²) < 4.78 is 5.44. The number of ether oxygens (including phenoxy) is 1. The summed E-state index contributed by atoms with van der Waals surface area (Å²) in [6, 6.07) is 0. The van der Waals surface area contributed by atoms with Crippen molar-refractivity contribution in [2.75, 3.05) is 26.2 Å². The van der Waals surface area contributed by atoms with Crippen molar-refractivity contribution in [2.45, 2.75) is 53.1 Å². The van der Waals surface area contributed by atoms with E-state index in [1.807, 2.05) is 18.7 Å². The molecule has 0 aromatic heterocycles. The summed E-state index contributed by atoms with van der Waals surface area (Å²) in [5.41, 5.74) is 5.61. The van der Waals surface area contributed by atoms with Crippen LogP contribution < -0.4 is 5.73 Å². The van der Waals surface area contributed by atoms with Crippen LogP contribution in [0, 0.1) is 5.92 Å². The fourth-order valence-corrected chi connectivity index (χ4v) is 2.04. The van der Waals surface area contributed by atoms with Crippen LogP contribution in [0.4, 0.5) is 0 Å². The summed E-state index contributed by atoms with van der Waals surface area (Å²) >= 11 is 0. The van der Waals surface area contributed by atoms with E-state index in [2.05, 4.69) is 13.8 Å². The van der Waals surface area contributed by atoms with Crippen molar-refractivity contribution in [3.05, 3.63) is 0 Å². The fourth-order valence-electron chi connectivity index (χ4n) is 2.04. The minimum atomic E-state index is -0.141. The minimum Gasteiger partial charge on any atom is -0.377 e. The molecule has 1 amide bonds. The van der Waals surface area contributed by atoms with Gasteiger partial charge in [-0.25, -0.2) is 0 Å². The van der Waals surface area contributed by atoms with Gasteiger partial charge in [0.15, 0.2) is 0 Å². The van der Waals surface area contributed by atoms with Crippen molar-refractivity contribution in [1.82, 2.24) is 4.90 Å². The number of hydrogen-bond donors (Lipinski definition) is 1. The molecule has 0 rings (SSSR count). The van der Waals surface area contributed by atoms with Gasteiger partial charge in [-0.3, -0.25) is 4.79 Å². The largest absolute Gasteiger partial charge is 0.377 e.